The van der Waals surface area contributed by atoms with Gasteiger partial charge in [-0.2, -0.15) is 10.1 Å². The lowest BCUT2D eigenvalue weighted by molar-refractivity contribution is -0.121. The van der Waals surface area contributed by atoms with Gasteiger partial charge in [-0.25, -0.2) is 9.07 Å². The molecule has 11 heteroatoms. The Kier molecular flexibility index (Phi) is 6.95. The Labute approximate surface area is 199 Å². The summed E-state index contributed by atoms with van der Waals surface area (Å²) in [7, 11) is 0. The van der Waals surface area contributed by atoms with Crippen molar-refractivity contribution in [2.45, 2.75) is 39.7 Å². The maximum absolute atomic E-state index is 13.8. The molecular weight excluding hydrogens is 455 g/mol. The second-order valence-electron chi connectivity index (χ2n) is 7.90. The van der Waals surface area contributed by atoms with E-state index in [1.54, 1.807) is 43.3 Å². The molecule has 2 aromatic heterocycles. The first-order chi connectivity index (χ1) is 16.9. The molecule has 2 N–H and O–H groups in total. The van der Waals surface area contributed by atoms with E-state index in [4.69, 9.17) is 4.52 Å². The number of carbonyl (C=O) groups is 2. The number of halogens is 1. The van der Waals surface area contributed by atoms with Gasteiger partial charge < -0.3 is 4.52 Å². The zero-order valence-corrected chi connectivity index (χ0v) is 19.2. The largest absolute Gasteiger partial charge is 0.339 e. The fourth-order valence-electron chi connectivity index (χ4n) is 3.44. The molecule has 0 atom stereocenters. The number of hydrogen-bond donors (Lipinski definition) is 2. The molecule has 180 valence electrons. The van der Waals surface area contributed by atoms with Crippen LogP contribution in [-0.2, 0) is 17.8 Å². The van der Waals surface area contributed by atoms with Gasteiger partial charge in [0.05, 0.1) is 5.39 Å². The molecule has 2 aromatic carbocycles. The monoisotopic (exact) mass is 478 g/mol. The lowest BCUT2D eigenvalue weighted by Gasteiger charge is -2.11. The van der Waals surface area contributed by atoms with Crippen LogP contribution in [0.3, 0.4) is 0 Å². The van der Waals surface area contributed by atoms with Crippen molar-refractivity contribution < 1.29 is 18.5 Å². The molecule has 0 radical (unpaired) electrons. The van der Waals surface area contributed by atoms with Crippen molar-refractivity contribution in [1.29, 1.82) is 0 Å². The van der Waals surface area contributed by atoms with Crippen molar-refractivity contribution in [3.63, 3.8) is 0 Å². The molecule has 0 fully saturated rings. The van der Waals surface area contributed by atoms with Crippen LogP contribution in [0, 0.1) is 12.7 Å². The Morgan fingerprint density at radius 3 is 2.63 bits per heavy atom. The maximum Gasteiger partial charge on any atom is 0.290 e. The third-order valence-electron chi connectivity index (χ3n) is 5.30. The Balaban J connectivity index is 1.38. The number of aryl methyl sites for hydroxylation is 3. The van der Waals surface area contributed by atoms with Gasteiger partial charge in [-0.15, -0.1) is 0 Å². The molecule has 0 aliphatic carbocycles. The molecule has 4 aromatic rings. The number of hydrogen-bond acceptors (Lipinski definition) is 7. The molecule has 0 unspecified atom stereocenters. The second-order valence-corrected chi connectivity index (χ2v) is 7.90. The summed E-state index contributed by atoms with van der Waals surface area (Å²) in [5.41, 5.74) is 5.37. The van der Waals surface area contributed by atoms with Crippen LogP contribution in [-0.4, -0.2) is 31.7 Å². The molecule has 0 saturated carbocycles. The van der Waals surface area contributed by atoms with Crippen LogP contribution in [0.15, 0.2) is 51.8 Å². The van der Waals surface area contributed by atoms with Gasteiger partial charge in [-0.05, 0) is 31.0 Å². The minimum Gasteiger partial charge on any atom is -0.339 e. The van der Waals surface area contributed by atoms with Crippen molar-refractivity contribution in [2.24, 2.45) is 0 Å². The van der Waals surface area contributed by atoms with E-state index >= 15 is 0 Å². The number of rotatable bonds is 7. The molecule has 0 aliphatic heterocycles. The summed E-state index contributed by atoms with van der Waals surface area (Å²) in [5, 5.41) is 8.76. The topological polar surface area (TPSA) is 132 Å². The number of amides is 2. The standard InChI is InChI=1S/C24H23FN6O4/c1-3-12-31-24(34)17-7-5-4-6-16(17)21(29-31)23(33)28-27-19(32)10-11-20-26-22(30-35-20)15-9-8-14(2)18(25)13-15/h4-9,13H,3,10-12H2,1-2H3,(H,27,32)(H,28,33). The quantitative estimate of drug-likeness (QED) is 0.390. The molecule has 4 rings (SSSR count). The van der Waals surface area contributed by atoms with Crippen LogP contribution in [0.5, 0.6) is 0 Å². The van der Waals surface area contributed by atoms with Gasteiger partial charge in [-0.3, -0.25) is 25.2 Å². The highest BCUT2D eigenvalue weighted by atomic mass is 19.1. The number of hydrazine groups is 1. The summed E-state index contributed by atoms with van der Waals surface area (Å²) in [6.07, 6.45) is 0.735. The summed E-state index contributed by atoms with van der Waals surface area (Å²) in [5.74, 6) is -1.11. The fraction of sp³-hybridized carbons (Fsp3) is 0.250. The fourth-order valence-corrected chi connectivity index (χ4v) is 3.44. The average Bonchev–Trinajstić information content (AvgIpc) is 3.34. The summed E-state index contributed by atoms with van der Waals surface area (Å²) < 4.78 is 20.1. The number of nitrogens with zero attached hydrogens (tertiary/aromatic N) is 4. The van der Waals surface area contributed by atoms with Crippen LogP contribution < -0.4 is 16.4 Å². The van der Waals surface area contributed by atoms with Gasteiger partial charge in [0.15, 0.2) is 5.69 Å². The Bertz CT molecular complexity index is 1460. The van der Waals surface area contributed by atoms with Gasteiger partial charge in [0.2, 0.25) is 17.6 Å². The first kappa shape index (κ1) is 23.7. The zero-order valence-electron chi connectivity index (χ0n) is 19.2. The van der Waals surface area contributed by atoms with Crippen molar-refractivity contribution in [3.8, 4) is 11.4 Å². The summed E-state index contributed by atoms with van der Waals surface area (Å²) >= 11 is 0. The smallest absolute Gasteiger partial charge is 0.290 e. The number of carbonyl (C=O) groups excluding carboxylic acids is 2. The van der Waals surface area contributed by atoms with E-state index in [2.05, 4.69) is 26.1 Å². The predicted molar refractivity (Wildman–Crippen MR) is 125 cm³/mol. The van der Waals surface area contributed by atoms with Crippen LogP contribution >= 0.6 is 0 Å². The third kappa shape index (κ3) is 5.24. The summed E-state index contributed by atoms with van der Waals surface area (Å²) in [6.45, 7) is 3.91. The predicted octanol–water partition coefficient (Wildman–Crippen LogP) is 2.70. The first-order valence-electron chi connectivity index (χ1n) is 11.1. The van der Waals surface area contributed by atoms with Gasteiger partial charge in [0.1, 0.15) is 5.82 Å². The third-order valence-corrected chi connectivity index (χ3v) is 5.30. The van der Waals surface area contributed by atoms with E-state index in [0.29, 0.717) is 34.9 Å². The van der Waals surface area contributed by atoms with E-state index < -0.39 is 11.8 Å². The van der Waals surface area contributed by atoms with Gasteiger partial charge >= 0.3 is 0 Å². The Morgan fingerprint density at radius 1 is 1.11 bits per heavy atom. The number of benzene rings is 2. The highest BCUT2D eigenvalue weighted by Gasteiger charge is 2.18. The number of nitrogens with one attached hydrogen (secondary N) is 2. The molecule has 2 amide bonds. The van der Waals surface area contributed by atoms with Crippen molar-refractivity contribution in [1.82, 2.24) is 30.8 Å². The molecule has 0 aliphatic rings. The lowest BCUT2D eigenvalue weighted by Crippen LogP contribution is -2.43. The van der Waals surface area contributed by atoms with E-state index in [1.165, 1.54) is 10.7 Å². The number of aromatic nitrogens is 4. The minimum atomic E-state index is -0.652. The van der Waals surface area contributed by atoms with Gasteiger partial charge in [-0.1, -0.05) is 42.4 Å². The SMILES string of the molecule is CCCn1nc(C(=O)NNC(=O)CCc2nc(-c3ccc(C)c(F)c3)no2)c2ccccc2c1=O. The highest BCUT2D eigenvalue weighted by molar-refractivity contribution is 6.05. The Hall–Kier alpha value is -4.41. The van der Waals surface area contributed by atoms with Crippen LogP contribution in [0.2, 0.25) is 0 Å². The molecule has 10 nitrogen and oxygen atoms in total. The minimum absolute atomic E-state index is 0.0285. The molecule has 0 bridgehead atoms. The highest BCUT2D eigenvalue weighted by Crippen LogP contribution is 2.19. The maximum atomic E-state index is 13.8. The van der Waals surface area contributed by atoms with E-state index in [9.17, 15) is 18.8 Å². The first-order valence-corrected chi connectivity index (χ1v) is 11.1. The lowest BCUT2D eigenvalue weighted by atomic mass is 10.1. The van der Waals surface area contributed by atoms with Crippen molar-refractivity contribution in [2.75, 3.05) is 0 Å². The van der Waals surface area contributed by atoms with E-state index in [0.717, 1.165) is 0 Å². The van der Waals surface area contributed by atoms with E-state index in [-0.39, 0.29) is 41.6 Å². The van der Waals surface area contributed by atoms with Gasteiger partial charge in [0.25, 0.3) is 11.5 Å². The van der Waals surface area contributed by atoms with Gasteiger partial charge in [0, 0.05) is 30.3 Å². The molecule has 2 heterocycles. The second kappa shape index (κ2) is 10.2. The van der Waals surface area contributed by atoms with Crippen LogP contribution in [0.4, 0.5) is 4.39 Å². The molecule has 35 heavy (non-hydrogen) atoms. The molecule has 0 spiro atoms. The van der Waals surface area contributed by atoms with Crippen LogP contribution in [0.25, 0.3) is 22.2 Å². The average molecular weight is 478 g/mol. The summed E-state index contributed by atoms with van der Waals surface area (Å²) in [4.78, 5) is 41.7. The van der Waals surface area contributed by atoms with Crippen molar-refractivity contribution >= 4 is 22.6 Å². The van der Waals surface area contributed by atoms with Crippen LogP contribution in [0.1, 0.15) is 41.7 Å². The zero-order chi connectivity index (χ0) is 24.9. The summed E-state index contributed by atoms with van der Waals surface area (Å²) in [6, 6.07) is 11.3. The Morgan fingerprint density at radius 2 is 1.89 bits per heavy atom. The molecule has 0 saturated heterocycles. The molecular formula is C24H23FN6O4. The number of fused-ring (bicyclic) bond motifs is 1. The van der Waals surface area contributed by atoms with E-state index in [1.807, 2.05) is 6.92 Å². The van der Waals surface area contributed by atoms with Crippen molar-refractivity contribution in [3.05, 3.63) is 75.8 Å². The normalized spacial score (nSPS) is 10.9.